The van der Waals surface area contributed by atoms with Gasteiger partial charge in [0, 0.05) is 25.0 Å². The fourth-order valence-electron chi connectivity index (χ4n) is 4.50. The van der Waals surface area contributed by atoms with E-state index in [0.717, 1.165) is 0 Å². The van der Waals surface area contributed by atoms with Gasteiger partial charge in [-0.05, 0) is 39.5 Å². The van der Waals surface area contributed by atoms with E-state index in [1.54, 1.807) is 41.5 Å². The normalized spacial score (nSPS) is 23.4. The lowest BCUT2D eigenvalue weighted by Crippen LogP contribution is -2.61. The van der Waals surface area contributed by atoms with Crippen LogP contribution in [0.3, 0.4) is 0 Å². The highest BCUT2D eigenvalue weighted by molar-refractivity contribution is 5.92. The molecule has 0 saturated carbocycles. The third kappa shape index (κ3) is 4.88. The number of amides is 3. The van der Waals surface area contributed by atoms with Gasteiger partial charge in [0.05, 0.1) is 7.11 Å². The number of methoxy groups -OCH3 is 1. The Morgan fingerprint density at radius 3 is 2.13 bits per heavy atom. The van der Waals surface area contributed by atoms with E-state index in [-0.39, 0.29) is 25.3 Å². The molecule has 10 heteroatoms. The predicted molar refractivity (Wildman–Crippen MR) is 111 cm³/mol. The second-order valence-electron chi connectivity index (χ2n) is 9.99. The molecule has 2 saturated heterocycles. The first-order chi connectivity index (χ1) is 14.2. The van der Waals surface area contributed by atoms with Gasteiger partial charge in [0.2, 0.25) is 5.91 Å². The van der Waals surface area contributed by atoms with Crippen molar-refractivity contribution in [2.24, 2.45) is 11.3 Å². The molecular weight excluding hydrogens is 406 g/mol. The summed E-state index contributed by atoms with van der Waals surface area (Å²) in [4.78, 5) is 52.8. The van der Waals surface area contributed by atoms with E-state index in [0.29, 0.717) is 13.1 Å². The molecular formula is C21H35N3O7. The van der Waals surface area contributed by atoms with Crippen molar-refractivity contribution < 1.29 is 33.8 Å². The van der Waals surface area contributed by atoms with Crippen LogP contribution in [0.1, 0.15) is 54.4 Å². The molecule has 0 aromatic carbocycles. The molecule has 176 valence electrons. The van der Waals surface area contributed by atoms with Crippen molar-refractivity contribution in [1.82, 2.24) is 15.1 Å². The highest BCUT2D eigenvalue weighted by Gasteiger charge is 2.63. The summed E-state index contributed by atoms with van der Waals surface area (Å²) in [5.41, 5.74) is -2.55. The summed E-state index contributed by atoms with van der Waals surface area (Å²) in [5, 5.41) is 12.6. The molecule has 0 aromatic heterocycles. The lowest BCUT2D eigenvalue weighted by atomic mass is 9.74. The molecule has 0 aliphatic carbocycles. The molecule has 2 fully saturated rings. The fraction of sp³-hybridized carbons (Fsp3) is 0.810. The molecule has 2 aliphatic rings. The lowest BCUT2D eigenvalue weighted by molar-refractivity contribution is -0.158. The molecule has 0 bridgehead atoms. The number of carbonyl (C=O) groups is 4. The van der Waals surface area contributed by atoms with Crippen LogP contribution in [0.4, 0.5) is 9.59 Å². The molecule has 2 aliphatic heterocycles. The van der Waals surface area contributed by atoms with E-state index >= 15 is 0 Å². The number of carbonyl (C=O) groups excluding carboxylic acids is 3. The van der Waals surface area contributed by atoms with Gasteiger partial charge in [-0.2, -0.15) is 0 Å². The standard InChI is InChI=1S/C21H35N3O7/c1-8-21(16(26)27)9-20(10-23(11-20)18(29)31-19(4,5)6)12-24(21)15(25)14(13(2)3)22-17(28)30-7/h13-14H,8-12H2,1-7H3,(H,22,28)(H,26,27)/t14-,21?/m0/s1. The summed E-state index contributed by atoms with van der Waals surface area (Å²) in [6.07, 6.45) is -0.753. The molecule has 2 N–H and O–H groups in total. The molecule has 1 unspecified atom stereocenters. The van der Waals surface area contributed by atoms with Crippen molar-refractivity contribution in [3.63, 3.8) is 0 Å². The predicted octanol–water partition coefficient (Wildman–Crippen LogP) is 2.07. The Hall–Kier alpha value is -2.52. The van der Waals surface area contributed by atoms with E-state index in [1.807, 2.05) is 0 Å². The minimum atomic E-state index is -1.40. The first-order valence-electron chi connectivity index (χ1n) is 10.6. The molecule has 0 radical (unpaired) electrons. The van der Waals surface area contributed by atoms with Gasteiger partial charge >= 0.3 is 18.2 Å². The van der Waals surface area contributed by atoms with Crippen molar-refractivity contribution >= 4 is 24.1 Å². The first-order valence-corrected chi connectivity index (χ1v) is 10.6. The van der Waals surface area contributed by atoms with Crippen LogP contribution in [0.25, 0.3) is 0 Å². The van der Waals surface area contributed by atoms with E-state index in [1.165, 1.54) is 16.9 Å². The van der Waals surface area contributed by atoms with Crippen LogP contribution in [-0.4, -0.2) is 82.9 Å². The minimum Gasteiger partial charge on any atom is -0.479 e. The van der Waals surface area contributed by atoms with Crippen LogP contribution < -0.4 is 5.32 Å². The summed E-state index contributed by atoms with van der Waals surface area (Å²) in [5.74, 6) is -1.82. The molecule has 3 amide bonds. The number of ether oxygens (including phenoxy) is 2. The number of aliphatic carboxylic acids is 1. The van der Waals surface area contributed by atoms with Crippen LogP contribution in [0, 0.1) is 11.3 Å². The molecule has 31 heavy (non-hydrogen) atoms. The molecule has 2 rings (SSSR count). The SMILES string of the molecule is CCC1(C(=O)O)CC2(CN(C(=O)OC(C)(C)C)C2)CN1C(=O)[C@@H](NC(=O)OC)C(C)C. The maximum absolute atomic E-state index is 13.4. The number of nitrogens with one attached hydrogen (secondary N) is 1. The Labute approximate surface area is 183 Å². The zero-order chi connectivity index (χ0) is 23.8. The first kappa shape index (κ1) is 24.7. The third-order valence-corrected chi connectivity index (χ3v) is 6.02. The van der Waals surface area contributed by atoms with Gasteiger partial charge in [0.1, 0.15) is 17.2 Å². The summed E-state index contributed by atoms with van der Waals surface area (Å²) >= 11 is 0. The van der Waals surface area contributed by atoms with Gasteiger partial charge in [-0.1, -0.05) is 20.8 Å². The highest BCUT2D eigenvalue weighted by atomic mass is 16.6. The zero-order valence-electron chi connectivity index (χ0n) is 19.5. The second-order valence-corrected chi connectivity index (χ2v) is 9.99. The average Bonchev–Trinajstić information content (AvgIpc) is 2.99. The van der Waals surface area contributed by atoms with Crippen molar-refractivity contribution in [3.05, 3.63) is 0 Å². The van der Waals surface area contributed by atoms with E-state index in [4.69, 9.17) is 4.74 Å². The molecule has 2 heterocycles. The number of hydrogen-bond acceptors (Lipinski definition) is 6. The molecule has 0 aromatic rings. The second kappa shape index (κ2) is 8.55. The Bertz CT molecular complexity index is 740. The van der Waals surface area contributed by atoms with Crippen LogP contribution in [0.5, 0.6) is 0 Å². The number of carboxylic acids is 1. The third-order valence-electron chi connectivity index (χ3n) is 6.02. The van der Waals surface area contributed by atoms with Crippen LogP contribution in [0.15, 0.2) is 0 Å². The quantitative estimate of drug-likeness (QED) is 0.669. The monoisotopic (exact) mass is 441 g/mol. The van der Waals surface area contributed by atoms with Gasteiger partial charge in [0.15, 0.2) is 0 Å². The van der Waals surface area contributed by atoms with Crippen molar-refractivity contribution in [3.8, 4) is 0 Å². The minimum absolute atomic E-state index is 0.192. The maximum Gasteiger partial charge on any atom is 0.410 e. The van der Waals surface area contributed by atoms with Crippen LogP contribution >= 0.6 is 0 Å². The summed E-state index contributed by atoms with van der Waals surface area (Å²) in [6.45, 7) is 11.4. The lowest BCUT2D eigenvalue weighted by Gasteiger charge is -2.47. The number of alkyl carbamates (subject to hydrolysis) is 1. The van der Waals surface area contributed by atoms with Gasteiger partial charge in [-0.15, -0.1) is 0 Å². The van der Waals surface area contributed by atoms with Gasteiger partial charge in [-0.25, -0.2) is 14.4 Å². The van der Waals surface area contributed by atoms with Crippen LogP contribution in [0.2, 0.25) is 0 Å². The maximum atomic E-state index is 13.4. The summed E-state index contributed by atoms with van der Waals surface area (Å²) in [6, 6.07) is -0.921. The van der Waals surface area contributed by atoms with Gasteiger partial charge in [-0.3, -0.25) is 4.79 Å². The topological polar surface area (TPSA) is 125 Å². The molecule has 1 spiro atoms. The highest BCUT2D eigenvalue weighted by Crippen LogP contribution is 2.49. The smallest absolute Gasteiger partial charge is 0.410 e. The van der Waals surface area contributed by atoms with Crippen molar-refractivity contribution in [1.29, 1.82) is 0 Å². The number of nitrogens with zero attached hydrogens (tertiary/aromatic N) is 2. The van der Waals surface area contributed by atoms with E-state index in [9.17, 15) is 24.3 Å². The van der Waals surface area contributed by atoms with Gasteiger partial charge < -0.3 is 29.7 Å². The fourth-order valence-corrected chi connectivity index (χ4v) is 4.50. The number of hydrogen-bond donors (Lipinski definition) is 2. The summed E-state index contributed by atoms with van der Waals surface area (Å²) < 4.78 is 10.0. The average molecular weight is 442 g/mol. The van der Waals surface area contributed by atoms with Crippen LogP contribution in [-0.2, 0) is 19.1 Å². The molecule has 2 atom stereocenters. The largest absolute Gasteiger partial charge is 0.479 e. The van der Waals surface area contributed by atoms with E-state index < -0.39 is 46.7 Å². The number of carboxylic acid groups (broad SMARTS) is 1. The Kier molecular flexibility index (Phi) is 6.82. The van der Waals surface area contributed by atoms with Crippen molar-refractivity contribution in [2.75, 3.05) is 26.7 Å². The van der Waals surface area contributed by atoms with E-state index in [2.05, 4.69) is 10.1 Å². The summed E-state index contributed by atoms with van der Waals surface area (Å²) in [7, 11) is 1.20. The Morgan fingerprint density at radius 2 is 1.71 bits per heavy atom. The van der Waals surface area contributed by atoms with Crippen molar-refractivity contribution in [2.45, 2.75) is 71.6 Å². The Morgan fingerprint density at radius 1 is 1.13 bits per heavy atom. The molecule has 10 nitrogen and oxygen atoms in total. The number of likely N-dealkylation sites (tertiary alicyclic amines) is 2. The Balaban J connectivity index is 2.26. The van der Waals surface area contributed by atoms with Gasteiger partial charge in [0.25, 0.3) is 0 Å². The zero-order valence-corrected chi connectivity index (χ0v) is 19.5. The number of rotatable bonds is 5.